The Morgan fingerprint density at radius 2 is 0.792 bits per heavy atom. The smallest absolute Gasteiger partial charge is 0.223 e. The molecule has 0 heterocycles. The van der Waals surface area contributed by atoms with Crippen molar-refractivity contribution in [3.05, 3.63) is 0 Å². The molecule has 0 aliphatic carbocycles. The highest BCUT2D eigenvalue weighted by Crippen LogP contribution is 2.17. The summed E-state index contributed by atoms with van der Waals surface area (Å²) in [5, 5.41) is 0. The van der Waals surface area contributed by atoms with E-state index in [1.54, 1.807) is 0 Å². The lowest BCUT2D eigenvalue weighted by Crippen LogP contribution is -2.46. The Morgan fingerprint density at radius 3 is 0.958 bits per heavy atom. The second-order valence-electron chi connectivity index (χ2n) is 7.13. The van der Waals surface area contributed by atoms with Crippen LogP contribution in [-0.4, -0.2) is 45.8 Å². The molecule has 24 heavy (non-hydrogen) atoms. The molecule has 0 aromatic carbocycles. The van der Waals surface area contributed by atoms with Gasteiger partial charge in [-0.05, 0) is 53.4 Å². The Balaban J connectivity index is 4.93. The van der Waals surface area contributed by atoms with Crippen LogP contribution in [0.15, 0.2) is 0 Å². The van der Waals surface area contributed by atoms with Crippen LogP contribution in [0.4, 0.5) is 0 Å². The van der Waals surface area contributed by atoms with Gasteiger partial charge >= 0.3 is 0 Å². The third-order valence-electron chi connectivity index (χ3n) is 5.39. The van der Waals surface area contributed by atoms with Crippen molar-refractivity contribution in [2.75, 3.05) is 0 Å². The van der Waals surface area contributed by atoms with E-state index in [9.17, 15) is 9.59 Å². The first kappa shape index (κ1) is 22.9. The fourth-order valence-corrected chi connectivity index (χ4v) is 3.11. The van der Waals surface area contributed by atoms with Crippen molar-refractivity contribution in [3.63, 3.8) is 0 Å². The minimum Gasteiger partial charge on any atom is -0.337 e. The van der Waals surface area contributed by atoms with Crippen molar-refractivity contribution in [1.29, 1.82) is 0 Å². The number of hydrogen-bond donors (Lipinski definition) is 0. The van der Waals surface area contributed by atoms with E-state index in [2.05, 4.69) is 55.4 Å². The summed E-state index contributed by atoms with van der Waals surface area (Å²) in [6, 6.07) is 0.899. The maximum atomic E-state index is 12.7. The summed E-state index contributed by atoms with van der Waals surface area (Å²) in [5.41, 5.74) is 0. The Hall–Kier alpha value is -1.06. The molecule has 0 aliphatic heterocycles. The molecule has 0 saturated carbocycles. The summed E-state index contributed by atoms with van der Waals surface area (Å²) >= 11 is 0. The third kappa shape index (κ3) is 6.45. The summed E-state index contributed by atoms with van der Waals surface area (Å²) in [5.74, 6) is 0.223. The van der Waals surface area contributed by atoms with Gasteiger partial charge in [0.25, 0.3) is 0 Å². The van der Waals surface area contributed by atoms with E-state index in [0.717, 1.165) is 25.7 Å². The molecule has 2 amide bonds. The van der Waals surface area contributed by atoms with Gasteiger partial charge in [0.1, 0.15) is 0 Å². The van der Waals surface area contributed by atoms with Gasteiger partial charge in [-0.3, -0.25) is 9.59 Å². The van der Waals surface area contributed by atoms with Crippen molar-refractivity contribution in [2.45, 2.75) is 118 Å². The second kappa shape index (κ2) is 11.5. The first-order valence-electron chi connectivity index (χ1n) is 9.87. The number of amides is 2. The van der Waals surface area contributed by atoms with E-state index in [0.29, 0.717) is 12.8 Å². The molecule has 0 spiro atoms. The molecule has 0 N–H and O–H groups in total. The van der Waals surface area contributed by atoms with Gasteiger partial charge in [0.2, 0.25) is 11.8 Å². The molecular formula is C20H40N2O2. The van der Waals surface area contributed by atoms with Crippen LogP contribution in [0, 0.1) is 0 Å². The number of rotatable bonds is 11. The number of carbonyl (C=O) groups is 2. The molecule has 0 aliphatic rings. The molecule has 4 atom stereocenters. The SMILES string of the molecule is CCC(C)N(C(=O)CCC(=O)N(C(C)CC)C(C)CC)C(C)CC. The van der Waals surface area contributed by atoms with Gasteiger partial charge in [-0.25, -0.2) is 0 Å². The van der Waals surface area contributed by atoms with Gasteiger partial charge in [-0.2, -0.15) is 0 Å². The molecule has 142 valence electrons. The van der Waals surface area contributed by atoms with Crippen LogP contribution < -0.4 is 0 Å². The van der Waals surface area contributed by atoms with E-state index >= 15 is 0 Å². The largest absolute Gasteiger partial charge is 0.337 e. The summed E-state index contributed by atoms with van der Waals surface area (Å²) in [6.45, 7) is 16.8. The summed E-state index contributed by atoms with van der Waals surface area (Å²) in [6.07, 6.45) is 4.39. The van der Waals surface area contributed by atoms with Crippen LogP contribution in [-0.2, 0) is 9.59 Å². The maximum absolute atomic E-state index is 12.7. The normalized spacial score (nSPS) is 16.2. The van der Waals surface area contributed by atoms with Crippen LogP contribution in [0.3, 0.4) is 0 Å². The fraction of sp³-hybridized carbons (Fsp3) is 0.900. The van der Waals surface area contributed by atoms with E-state index < -0.39 is 0 Å². The quantitative estimate of drug-likeness (QED) is 0.551. The van der Waals surface area contributed by atoms with Gasteiger partial charge in [0.05, 0.1) is 0 Å². The molecule has 0 rings (SSSR count). The predicted molar refractivity (Wildman–Crippen MR) is 102 cm³/mol. The monoisotopic (exact) mass is 340 g/mol. The first-order valence-corrected chi connectivity index (χ1v) is 9.87. The van der Waals surface area contributed by atoms with E-state index in [1.165, 1.54) is 0 Å². The minimum atomic E-state index is 0.111. The van der Waals surface area contributed by atoms with Crippen molar-refractivity contribution < 1.29 is 9.59 Å². The number of nitrogens with zero attached hydrogens (tertiary/aromatic N) is 2. The topological polar surface area (TPSA) is 40.6 Å². The van der Waals surface area contributed by atoms with Crippen LogP contribution in [0.1, 0.15) is 93.9 Å². The highest BCUT2D eigenvalue weighted by Gasteiger charge is 2.27. The molecule has 4 heteroatoms. The highest BCUT2D eigenvalue weighted by molar-refractivity contribution is 5.84. The molecule has 0 aromatic rings. The van der Waals surface area contributed by atoms with Crippen LogP contribution >= 0.6 is 0 Å². The van der Waals surface area contributed by atoms with Gasteiger partial charge < -0.3 is 9.80 Å². The average molecular weight is 341 g/mol. The molecule has 4 unspecified atom stereocenters. The van der Waals surface area contributed by atoms with E-state index in [-0.39, 0.29) is 36.0 Å². The van der Waals surface area contributed by atoms with Gasteiger partial charge in [0.15, 0.2) is 0 Å². The van der Waals surface area contributed by atoms with Crippen molar-refractivity contribution in [3.8, 4) is 0 Å². The molecule has 0 radical (unpaired) electrons. The Morgan fingerprint density at radius 1 is 0.583 bits per heavy atom. The molecule has 0 bridgehead atoms. The standard InChI is InChI=1S/C20H40N2O2/c1-9-15(5)21(16(6)10-2)19(23)13-14-20(24)22(17(7)11-3)18(8)12-4/h15-18H,9-14H2,1-8H3. The van der Waals surface area contributed by atoms with Crippen LogP contribution in [0.25, 0.3) is 0 Å². The van der Waals surface area contributed by atoms with Gasteiger partial charge in [-0.1, -0.05) is 27.7 Å². The lowest BCUT2D eigenvalue weighted by Gasteiger charge is -2.36. The summed E-state index contributed by atoms with van der Waals surface area (Å²) in [7, 11) is 0. The Labute approximate surface area is 150 Å². The minimum absolute atomic E-state index is 0.111. The molecule has 0 saturated heterocycles. The number of hydrogen-bond acceptors (Lipinski definition) is 2. The van der Waals surface area contributed by atoms with Crippen molar-refractivity contribution in [1.82, 2.24) is 9.80 Å². The van der Waals surface area contributed by atoms with Crippen LogP contribution in [0.5, 0.6) is 0 Å². The first-order chi connectivity index (χ1) is 11.2. The number of carbonyl (C=O) groups excluding carboxylic acids is 2. The fourth-order valence-electron chi connectivity index (χ4n) is 3.11. The molecular weight excluding hydrogens is 300 g/mol. The summed E-state index contributed by atoms with van der Waals surface area (Å²) < 4.78 is 0. The van der Waals surface area contributed by atoms with Gasteiger partial charge in [0, 0.05) is 37.0 Å². The molecule has 0 aromatic heterocycles. The zero-order valence-corrected chi connectivity index (χ0v) is 17.3. The lowest BCUT2D eigenvalue weighted by atomic mass is 10.1. The zero-order valence-electron chi connectivity index (χ0n) is 17.3. The van der Waals surface area contributed by atoms with E-state index in [4.69, 9.17) is 0 Å². The van der Waals surface area contributed by atoms with Crippen molar-refractivity contribution >= 4 is 11.8 Å². The Kier molecular flexibility index (Phi) is 11.0. The maximum Gasteiger partial charge on any atom is 0.223 e. The summed E-state index contributed by atoms with van der Waals surface area (Å²) in [4.78, 5) is 29.4. The Bertz CT molecular complexity index is 328. The zero-order chi connectivity index (χ0) is 18.9. The van der Waals surface area contributed by atoms with E-state index in [1.807, 2.05) is 9.80 Å². The van der Waals surface area contributed by atoms with Crippen molar-refractivity contribution in [2.24, 2.45) is 0 Å². The molecule has 0 fully saturated rings. The predicted octanol–water partition coefficient (Wildman–Crippen LogP) is 4.62. The third-order valence-corrected chi connectivity index (χ3v) is 5.39. The molecule has 4 nitrogen and oxygen atoms in total. The lowest BCUT2D eigenvalue weighted by molar-refractivity contribution is -0.141. The highest BCUT2D eigenvalue weighted by atomic mass is 16.2. The average Bonchev–Trinajstić information content (AvgIpc) is 2.59. The second-order valence-corrected chi connectivity index (χ2v) is 7.13. The van der Waals surface area contributed by atoms with Crippen LogP contribution in [0.2, 0.25) is 0 Å². The van der Waals surface area contributed by atoms with Gasteiger partial charge in [-0.15, -0.1) is 0 Å².